The predicted molar refractivity (Wildman–Crippen MR) is 101 cm³/mol. The zero-order valence-corrected chi connectivity index (χ0v) is 16.1. The number of benzene rings is 2. The first-order chi connectivity index (χ1) is 15.1. The van der Waals surface area contributed by atoms with E-state index in [1.807, 2.05) is 0 Å². The van der Waals surface area contributed by atoms with Gasteiger partial charge in [-0.3, -0.25) is 10.1 Å². The van der Waals surface area contributed by atoms with E-state index in [1.165, 1.54) is 18.2 Å². The van der Waals surface area contributed by atoms with E-state index in [0.717, 1.165) is 6.07 Å². The molecule has 2 aromatic carbocycles. The first kappa shape index (κ1) is 22.5. The molecule has 3 rings (SSSR count). The highest BCUT2D eigenvalue weighted by Crippen LogP contribution is 2.42. The number of nitriles is 2. The molecule has 0 atom stereocenters. The van der Waals surface area contributed by atoms with Gasteiger partial charge < -0.3 is 5.73 Å². The average molecular weight is 463 g/mol. The van der Waals surface area contributed by atoms with Gasteiger partial charge in [-0.25, -0.2) is 26.9 Å². The van der Waals surface area contributed by atoms with Crippen LogP contribution in [0.5, 0.6) is 0 Å². The molecule has 3 aromatic rings. The summed E-state index contributed by atoms with van der Waals surface area (Å²) < 4.78 is 68.7. The topological polar surface area (TPSA) is 130 Å². The second-order valence-electron chi connectivity index (χ2n) is 5.93. The molecule has 0 aliphatic heterocycles. The Balaban J connectivity index is 2.37. The first-order valence-corrected chi connectivity index (χ1v) is 9.02. The van der Waals surface area contributed by atoms with Gasteiger partial charge in [-0.1, -0.05) is 23.9 Å². The first-order valence-electron chi connectivity index (χ1n) is 8.20. The zero-order chi connectivity index (χ0) is 23.7. The van der Waals surface area contributed by atoms with Gasteiger partial charge in [-0.2, -0.15) is 10.5 Å². The number of nitrogens with zero attached hydrogens (tertiary/aromatic N) is 4. The SMILES string of the molecule is N#Cc1c(N)nc(Sc2c(F)c(F)c(F)c(F)c2F)c(C#N)c1-c1ccccc1[N+](=O)[O-]. The Morgan fingerprint density at radius 3 is 2.00 bits per heavy atom. The second-order valence-corrected chi connectivity index (χ2v) is 6.93. The van der Waals surface area contributed by atoms with Gasteiger partial charge in [0.2, 0.25) is 5.82 Å². The third-order valence-corrected chi connectivity index (χ3v) is 5.21. The van der Waals surface area contributed by atoms with Crippen molar-refractivity contribution >= 4 is 23.3 Å². The van der Waals surface area contributed by atoms with E-state index < -0.39 is 66.6 Å². The lowest BCUT2D eigenvalue weighted by molar-refractivity contribution is -0.384. The molecule has 0 spiro atoms. The monoisotopic (exact) mass is 463 g/mol. The third kappa shape index (κ3) is 3.55. The maximum absolute atomic E-state index is 14.1. The Bertz CT molecular complexity index is 1360. The number of aromatic nitrogens is 1. The van der Waals surface area contributed by atoms with Crippen molar-refractivity contribution in [2.24, 2.45) is 0 Å². The smallest absolute Gasteiger partial charge is 0.277 e. The molecular formula is C19H6F5N5O2S. The van der Waals surface area contributed by atoms with Crippen LogP contribution in [-0.2, 0) is 0 Å². The van der Waals surface area contributed by atoms with Crippen molar-refractivity contribution in [1.82, 2.24) is 4.98 Å². The maximum Gasteiger partial charge on any atom is 0.277 e. The molecule has 1 aromatic heterocycles. The van der Waals surface area contributed by atoms with Gasteiger partial charge in [0.25, 0.3) is 5.69 Å². The molecule has 13 heteroatoms. The van der Waals surface area contributed by atoms with E-state index >= 15 is 0 Å². The summed E-state index contributed by atoms with van der Waals surface area (Å²) in [6.07, 6.45) is 0. The number of pyridine rings is 1. The van der Waals surface area contributed by atoms with Gasteiger partial charge in [0.05, 0.1) is 20.9 Å². The Hall–Kier alpha value is -4.23. The van der Waals surface area contributed by atoms with Crippen molar-refractivity contribution in [3.63, 3.8) is 0 Å². The number of hydrogen-bond donors (Lipinski definition) is 1. The molecule has 0 radical (unpaired) electrons. The van der Waals surface area contributed by atoms with Gasteiger partial charge in [0.15, 0.2) is 23.3 Å². The molecule has 7 nitrogen and oxygen atoms in total. The Labute approximate surface area is 179 Å². The lowest BCUT2D eigenvalue weighted by Gasteiger charge is -2.14. The zero-order valence-electron chi connectivity index (χ0n) is 15.3. The van der Waals surface area contributed by atoms with Crippen molar-refractivity contribution in [2.75, 3.05) is 5.73 Å². The van der Waals surface area contributed by atoms with Crippen LogP contribution in [0.25, 0.3) is 11.1 Å². The van der Waals surface area contributed by atoms with E-state index in [9.17, 15) is 42.6 Å². The van der Waals surface area contributed by atoms with E-state index in [4.69, 9.17) is 5.73 Å². The molecule has 0 fully saturated rings. The molecule has 0 saturated carbocycles. The molecule has 2 N–H and O–H groups in total. The highest BCUT2D eigenvalue weighted by Gasteiger charge is 2.30. The molecule has 32 heavy (non-hydrogen) atoms. The van der Waals surface area contributed by atoms with Crippen LogP contribution in [0.15, 0.2) is 34.2 Å². The van der Waals surface area contributed by atoms with Crippen LogP contribution in [0.1, 0.15) is 11.1 Å². The van der Waals surface area contributed by atoms with Crippen molar-refractivity contribution in [2.45, 2.75) is 9.92 Å². The van der Waals surface area contributed by atoms with Gasteiger partial charge in [-0.05, 0) is 6.07 Å². The lowest BCUT2D eigenvalue weighted by atomic mass is 9.95. The summed E-state index contributed by atoms with van der Waals surface area (Å²) in [4.78, 5) is 12.9. The third-order valence-electron chi connectivity index (χ3n) is 4.15. The maximum atomic E-state index is 14.1. The van der Waals surface area contributed by atoms with Crippen molar-refractivity contribution in [3.8, 4) is 23.3 Å². The fourth-order valence-corrected chi connectivity index (χ4v) is 3.70. The van der Waals surface area contributed by atoms with Gasteiger partial charge in [0, 0.05) is 11.6 Å². The normalized spacial score (nSPS) is 10.5. The molecule has 0 bridgehead atoms. The van der Waals surface area contributed by atoms with Crippen LogP contribution in [0.4, 0.5) is 33.5 Å². The Morgan fingerprint density at radius 1 is 0.938 bits per heavy atom. The number of halogens is 5. The summed E-state index contributed by atoms with van der Waals surface area (Å²) >= 11 is -0.104. The molecular weight excluding hydrogens is 457 g/mol. The van der Waals surface area contributed by atoms with Crippen LogP contribution in [-0.4, -0.2) is 9.91 Å². The highest BCUT2D eigenvalue weighted by molar-refractivity contribution is 7.99. The van der Waals surface area contributed by atoms with Crippen LogP contribution in [0, 0.1) is 61.9 Å². The molecule has 0 amide bonds. The number of rotatable bonds is 4. The molecule has 0 aliphatic rings. The molecule has 160 valence electrons. The number of hydrogen-bond acceptors (Lipinski definition) is 7. The quantitative estimate of drug-likeness (QED) is 0.193. The van der Waals surface area contributed by atoms with Crippen LogP contribution >= 0.6 is 11.8 Å². The second kappa shape index (κ2) is 8.49. The molecule has 0 unspecified atom stereocenters. The summed E-state index contributed by atoms with van der Waals surface area (Å²) in [6, 6.07) is 8.21. The number of anilines is 1. The summed E-state index contributed by atoms with van der Waals surface area (Å²) in [5.41, 5.74) is 3.54. The molecule has 0 saturated heterocycles. The minimum Gasteiger partial charge on any atom is -0.383 e. The van der Waals surface area contributed by atoms with E-state index in [1.54, 1.807) is 12.1 Å². The summed E-state index contributed by atoms with van der Waals surface area (Å²) in [5.74, 6) is -11.7. The van der Waals surface area contributed by atoms with Crippen molar-refractivity contribution in [3.05, 3.63) is 74.6 Å². The van der Waals surface area contributed by atoms with E-state index in [2.05, 4.69) is 4.98 Å². The molecule has 0 aliphatic carbocycles. The summed E-state index contributed by atoms with van der Waals surface area (Å²) in [5, 5.41) is 29.9. The predicted octanol–water partition coefficient (Wildman–Crippen LogP) is 4.83. The standard InChI is InChI=1S/C19H6F5N5O2S/c20-12-13(21)15(23)17(16(24)14(12)22)32-19-9(6-26)11(8(5-25)18(27)28-19)7-3-1-2-4-10(7)29(30)31/h1-4H,(H2,27,28). The van der Waals surface area contributed by atoms with Crippen LogP contribution < -0.4 is 5.73 Å². The Morgan fingerprint density at radius 2 is 1.47 bits per heavy atom. The van der Waals surface area contributed by atoms with Crippen LogP contribution in [0.2, 0.25) is 0 Å². The number of nitrogen functional groups attached to an aromatic ring is 1. The fourth-order valence-electron chi connectivity index (χ4n) is 2.76. The van der Waals surface area contributed by atoms with Crippen LogP contribution in [0.3, 0.4) is 0 Å². The van der Waals surface area contributed by atoms with Gasteiger partial charge in [-0.15, -0.1) is 0 Å². The highest BCUT2D eigenvalue weighted by atomic mass is 32.2. The number of nitrogens with two attached hydrogens (primary N) is 1. The summed E-state index contributed by atoms with van der Waals surface area (Å²) in [7, 11) is 0. The lowest BCUT2D eigenvalue weighted by Crippen LogP contribution is -2.06. The van der Waals surface area contributed by atoms with Crippen molar-refractivity contribution in [1.29, 1.82) is 10.5 Å². The molecule has 1 heterocycles. The van der Waals surface area contributed by atoms with E-state index in [0.29, 0.717) is 0 Å². The largest absolute Gasteiger partial charge is 0.383 e. The van der Waals surface area contributed by atoms with E-state index in [-0.39, 0.29) is 22.9 Å². The number of para-hydroxylation sites is 1. The number of nitro benzene ring substituents is 1. The Kier molecular flexibility index (Phi) is 5.95. The minimum atomic E-state index is -2.38. The number of nitro groups is 1. The minimum absolute atomic E-state index is 0.104. The fraction of sp³-hybridized carbons (Fsp3) is 0. The average Bonchev–Trinajstić information content (AvgIpc) is 2.78. The van der Waals surface area contributed by atoms with Gasteiger partial charge in [0.1, 0.15) is 28.5 Å². The summed E-state index contributed by atoms with van der Waals surface area (Å²) in [6.45, 7) is 0. The van der Waals surface area contributed by atoms with Crippen molar-refractivity contribution < 1.29 is 26.9 Å². The van der Waals surface area contributed by atoms with Gasteiger partial charge >= 0.3 is 0 Å².